The minimum absolute atomic E-state index is 0.0453. The summed E-state index contributed by atoms with van der Waals surface area (Å²) in [7, 11) is 0. The number of nitrogens with zero attached hydrogens (tertiary/aromatic N) is 1. The number of cyclic esters (lactones) is 1. The molecule has 2 fully saturated rings. The lowest BCUT2D eigenvalue weighted by Gasteiger charge is -2.28. The van der Waals surface area contributed by atoms with Crippen LogP contribution >= 0.6 is 11.6 Å². The van der Waals surface area contributed by atoms with Gasteiger partial charge in [0, 0.05) is 12.1 Å². The summed E-state index contributed by atoms with van der Waals surface area (Å²) < 4.78 is 11.1. The number of anilines is 1. The molecule has 2 saturated heterocycles. The molecule has 0 aromatic heterocycles. The van der Waals surface area contributed by atoms with Crippen molar-refractivity contribution >= 4 is 46.9 Å². The zero-order chi connectivity index (χ0) is 32.6. The summed E-state index contributed by atoms with van der Waals surface area (Å²) in [6, 6.07) is 20.7. The van der Waals surface area contributed by atoms with E-state index in [4.69, 9.17) is 21.1 Å². The molecule has 0 spiro atoms. The van der Waals surface area contributed by atoms with E-state index < -0.39 is 48.1 Å². The Morgan fingerprint density at radius 1 is 1.00 bits per heavy atom. The van der Waals surface area contributed by atoms with Crippen LogP contribution in [0.2, 0.25) is 5.02 Å². The fourth-order valence-corrected chi connectivity index (χ4v) is 5.69. The quantitative estimate of drug-likeness (QED) is 0.270. The third-order valence-electron chi connectivity index (χ3n) is 7.82. The molecule has 3 aromatic carbocycles. The Morgan fingerprint density at radius 3 is 2.39 bits per heavy atom. The molecule has 0 bridgehead atoms. The van der Waals surface area contributed by atoms with Crippen LogP contribution in [0.25, 0.3) is 0 Å². The first kappa shape index (κ1) is 32.6. The zero-order valence-corrected chi connectivity index (χ0v) is 26.0. The average Bonchev–Trinajstić information content (AvgIpc) is 3.68. The van der Waals surface area contributed by atoms with Crippen LogP contribution in [0.5, 0.6) is 0 Å². The third-order valence-corrected chi connectivity index (χ3v) is 8.13. The van der Waals surface area contributed by atoms with Crippen molar-refractivity contribution in [3.63, 3.8) is 0 Å². The van der Waals surface area contributed by atoms with E-state index in [2.05, 4.69) is 16.0 Å². The van der Waals surface area contributed by atoms with Crippen molar-refractivity contribution in [3.8, 4) is 0 Å². The van der Waals surface area contributed by atoms with Crippen molar-refractivity contribution in [1.82, 2.24) is 15.5 Å². The van der Waals surface area contributed by atoms with Crippen LogP contribution in [0.1, 0.15) is 47.7 Å². The smallest absolute Gasteiger partial charge is 0.310 e. The van der Waals surface area contributed by atoms with Gasteiger partial charge in [-0.3, -0.25) is 24.0 Å². The number of hydrogen-bond donors (Lipinski definition) is 3. The molecule has 4 amide bonds. The Bertz CT molecular complexity index is 1590. The minimum atomic E-state index is -0.948. The van der Waals surface area contributed by atoms with Crippen LogP contribution in [0.4, 0.5) is 5.69 Å². The molecule has 11 nitrogen and oxygen atoms in total. The van der Waals surface area contributed by atoms with E-state index in [9.17, 15) is 24.0 Å². The van der Waals surface area contributed by atoms with Crippen molar-refractivity contribution in [3.05, 3.63) is 101 Å². The van der Waals surface area contributed by atoms with Crippen molar-refractivity contribution in [2.24, 2.45) is 0 Å². The Balaban J connectivity index is 1.14. The van der Waals surface area contributed by atoms with Gasteiger partial charge in [0.2, 0.25) is 24.0 Å². The molecule has 0 aliphatic carbocycles. The van der Waals surface area contributed by atoms with E-state index >= 15 is 0 Å². The van der Waals surface area contributed by atoms with Crippen molar-refractivity contribution < 1.29 is 33.4 Å². The zero-order valence-electron chi connectivity index (χ0n) is 25.2. The molecule has 0 radical (unpaired) electrons. The molecule has 2 heterocycles. The van der Waals surface area contributed by atoms with Gasteiger partial charge in [-0.15, -0.1) is 0 Å². The molecular formula is C34H35ClN4O7. The van der Waals surface area contributed by atoms with Crippen LogP contribution < -0.4 is 16.0 Å². The first-order valence-corrected chi connectivity index (χ1v) is 15.5. The van der Waals surface area contributed by atoms with Gasteiger partial charge in [0.25, 0.3) is 5.91 Å². The van der Waals surface area contributed by atoms with Gasteiger partial charge in [-0.05, 0) is 49.1 Å². The number of carbonyl (C=O) groups excluding carboxylic acids is 5. The Hall–Kier alpha value is -4.74. The van der Waals surface area contributed by atoms with Gasteiger partial charge in [-0.25, -0.2) is 0 Å². The topological polar surface area (TPSA) is 143 Å². The molecule has 4 atom stereocenters. The maximum atomic E-state index is 13.4. The summed E-state index contributed by atoms with van der Waals surface area (Å²) in [6.45, 7) is 2.09. The summed E-state index contributed by atoms with van der Waals surface area (Å²) in [5.74, 6) is -2.11. The summed E-state index contributed by atoms with van der Waals surface area (Å²) in [5.41, 5.74) is 2.30. The Morgan fingerprint density at radius 2 is 1.70 bits per heavy atom. The number of amides is 4. The molecule has 2 aliphatic rings. The van der Waals surface area contributed by atoms with Gasteiger partial charge in [-0.2, -0.15) is 0 Å². The van der Waals surface area contributed by atoms with Crippen LogP contribution in [0.15, 0.2) is 78.9 Å². The highest BCUT2D eigenvalue weighted by molar-refractivity contribution is 6.34. The normalized spacial score (nSPS) is 19.7. The fourth-order valence-electron chi connectivity index (χ4n) is 5.46. The SMILES string of the molecule is C[C@H](NC(=O)c1ccc(NC(=O)Cc2ccccc2)c(Cl)c1)C(=O)N1CCC[C@H]1C(=O)N[C@H]1CC(=O)O[C@H]1OCc1ccccc1. The largest absolute Gasteiger partial charge is 0.433 e. The lowest BCUT2D eigenvalue weighted by Crippen LogP contribution is -2.54. The summed E-state index contributed by atoms with van der Waals surface area (Å²) in [4.78, 5) is 65.6. The van der Waals surface area contributed by atoms with Crippen molar-refractivity contribution in [1.29, 1.82) is 0 Å². The van der Waals surface area contributed by atoms with E-state index in [1.54, 1.807) is 6.92 Å². The van der Waals surface area contributed by atoms with Crippen LogP contribution in [-0.4, -0.2) is 65.5 Å². The highest BCUT2D eigenvalue weighted by Crippen LogP contribution is 2.25. The molecule has 46 heavy (non-hydrogen) atoms. The highest BCUT2D eigenvalue weighted by Gasteiger charge is 2.41. The molecule has 240 valence electrons. The van der Waals surface area contributed by atoms with Crippen molar-refractivity contribution in [2.45, 2.75) is 63.6 Å². The standard InChI is InChI=1S/C34H35ClN4O7/c1-21(36-31(42)24-14-15-26(25(35)18-24)37-29(40)17-22-9-4-2-5-10-22)33(44)39-16-8-13-28(39)32(43)38-27-19-30(41)46-34(27)45-20-23-11-6-3-7-12-23/h2-7,9-12,14-15,18,21,27-28,34H,8,13,16-17,19-20H2,1H3,(H,36,42)(H,37,40)(H,38,43)/t21-,27-,28-,34+/m0/s1. The molecule has 5 rings (SSSR count). The van der Waals surface area contributed by atoms with E-state index in [-0.39, 0.29) is 35.9 Å². The van der Waals surface area contributed by atoms with Gasteiger partial charge in [0.05, 0.1) is 30.2 Å². The monoisotopic (exact) mass is 646 g/mol. The van der Waals surface area contributed by atoms with E-state index in [0.29, 0.717) is 25.1 Å². The average molecular weight is 647 g/mol. The number of esters is 1. The van der Waals surface area contributed by atoms with Gasteiger partial charge < -0.3 is 30.3 Å². The third kappa shape index (κ3) is 8.29. The van der Waals surface area contributed by atoms with Crippen molar-refractivity contribution in [2.75, 3.05) is 11.9 Å². The molecule has 3 N–H and O–H groups in total. The second kappa shape index (κ2) is 15.0. The van der Waals surface area contributed by atoms with E-state index in [1.165, 1.54) is 23.1 Å². The predicted molar refractivity (Wildman–Crippen MR) is 170 cm³/mol. The van der Waals surface area contributed by atoms with Gasteiger partial charge in [-0.1, -0.05) is 72.3 Å². The predicted octanol–water partition coefficient (Wildman–Crippen LogP) is 3.61. The second-order valence-corrected chi connectivity index (χ2v) is 11.7. The second-order valence-electron chi connectivity index (χ2n) is 11.3. The van der Waals surface area contributed by atoms with E-state index in [0.717, 1.165) is 11.1 Å². The summed E-state index contributed by atoms with van der Waals surface area (Å²) in [5, 5.41) is 8.43. The number of ether oxygens (including phenoxy) is 2. The maximum Gasteiger partial charge on any atom is 0.310 e. The van der Waals surface area contributed by atoms with Gasteiger partial charge in [0.15, 0.2) is 0 Å². The molecule has 2 aliphatic heterocycles. The number of benzene rings is 3. The summed E-state index contributed by atoms with van der Waals surface area (Å²) >= 11 is 6.36. The lowest BCUT2D eigenvalue weighted by molar-refractivity contribution is -0.168. The van der Waals surface area contributed by atoms with Crippen LogP contribution in [0.3, 0.4) is 0 Å². The summed E-state index contributed by atoms with van der Waals surface area (Å²) in [6.07, 6.45) is 0.212. The van der Waals surface area contributed by atoms with Gasteiger partial charge in [0.1, 0.15) is 18.1 Å². The lowest BCUT2D eigenvalue weighted by atomic mass is 10.1. The van der Waals surface area contributed by atoms with E-state index in [1.807, 2.05) is 60.7 Å². The van der Waals surface area contributed by atoms with Crippen LogP contribution in [-0.2, 0) is 41.7 Å². The number of rotatable bonds is 11. The first-order chi connectivity index (χ1) is 22.2. The Labute approximate surface area is 271 Å². The number of hydrogen-bond acceptors (Lipinski definition) is 7. The number of carbonyl (C=O) groups is 5. The van der Waals surface area contributed by atoms with Gasteiger partial charge >= 0.3 is 5.97 Å². The van der Waals surface area contributed by atoms with Crippen LogP contribution in [0, 0.1) is 0 Å². The first-order valence-electron chi connectivity index (χ1n) is 15.1. The fraction of sp³-hybridized carbons (Fsp3) is 0.324. The minimum Gasteiger partial charge on any atom is -0.433 e. The number of halogens is 1. The Kier molecular flexibility index (Phi) is 10.7. The highest BCUT2D eigenvalue weighted by atomic mass is 35.5. The molecule has 0 unspecified atom stereocenters. The molecule has 3 aromatic rings. The molecule has 12 heteroatoms. The number of nitrogens with one attached hydrogen (secondary N) is 3. The number of likely N-dealkylation sites (tertiary alicyclic amines) is 1. The molecule has 0 saturated carbocycles. The maximum absolute atomic E-state index is 13.4. The molecular weight excluding hydrogens is 612 g/mol.